The number of benzene rings is 1. The fourth-order valence-corrected chi connectivity index (χ4v) is 2.19. The molecule has 0 spiro atoms. The van der Waals surface area contributed by atoms with Crippen LogP contribution >= 0.6 is 11.6 Å². The molecule has 0 bridgehead atoms. The summed E-state index contributed by atoms with van der Waals surface area (Å²) >= 11 is 6.14. The van der Waals surface area contributed by atoms with Gasteiger partial charge in [0.1, 0.15) is 18.0 Å². The Kier molecular flexibility index (Phi) is 4.32. The van der Waals surface area contributed by atoms with Gasteiger partial charge < -0.3 is 5.32 Å². The van der Waals surface area contributed by atoms with Crippen LogP contribution in [0.15, 0.2) is 24.5 Å². The van der Waals surface area contributed by atoms with E-state index in [0.717, 1.165) is 24.3 Å². The van der Waals surface area contributed by atoms with E-state index in [9.17, 15) is 4.39 Å². The number of aromatic nitrogens is 2. The van der Waals surface area contributed by atoms with E-state index < -0.39 is 0 Å². The third-order valence-electron chi connectivity index (χ3n) is 2.83. The maximum Gasteiger partial charge on any atom is 0.133 e. The fraction of sp³-hybridized carbons (Fsp3) is 0.286. The van der Waals surface area contributed by atoms with Gasteiger partial charge in [-0.05, 0) is 31.5 Å². The van der Waals surface area contributed by atoms with Gasteiger partial charge in [-0.15, -0.1) is 0 Å². The summed E-state index contributed by atoms with van der Waals surface area (Å²) < 4.78 is 13.4. The standard InChI is InChI=1S/C14H15ClFN3/c1-3-10-13(18-8-19-14(10)17-4-2)11-7-9(16)5-6-12(11)15/h5-8H,3-4H2,1-2H3,(H,17,18,19). The van der Waals surface area contributed by atoms with Crippen molar-refractivity contribution in [3.05, 3.63) is 40.9 Å². The number of nitrogens with zero attached hydrogens (tertiary/aromatic N) is 2. The van der Waals surface area contributed by atoms with Gasteiger partial charge in [0, 0.05) is 17.7 Å². The molecule has 0 atom stereocenters. The molecule has 0 fully saturated rings. The largest absolute Gasteiger partial charge is 0.370 e. The van der Waals surface area contributed by atoms with Crippen LogP contribution < -0.4 is 5.32 Å². The van der Waals surface area contributed by atoms with Crippen molar-refractivity contribution in [3.8, 4) is 11.3 Å². The first-order valence-corrected chi connectivity index (χ1v) is 6.58. The Morgan fingerprint density at radius 2 is 2.05 bits per heavy atom. The molecular formula is C14H15ClFN3. The lowest BCUT2D eigenvalue weighted by Crippen LogP contribution is -2.06. The molecule has 2 aromatic rings. The maximum atomic E-state index is 13.4. The highest BCUT2D eigenvalue weighted by atomic mass is 35.5. The number of hydrogen-bond donors (Lipinski definition) is 1. The van der Waals surface area contributed by atoms with Gasteiger partial charge in [-0.25, -0.2) is 14.4 Å². The molecule has 1 N–H and O–H groups in total. The zero-order valence-corrected chi connectivity index (χ0v) is 11.6. The molecule has 0 saturated carbocycles. The topological polar surface area (TPSA) is 37.8 Å². The normalized spacial score (nSPS) is 10.5. The average molecular weight is 280 g/mol. The minimum absolute atomic E-state index is 0.329. The monoisotopic (exact) mass is 279 g/mol. The minimum Gasteiger partial charge on any atom is -0.370 e. The van der Waals surface area contributed by atoms with Crippen molar-refractivity contribution in [1.82, 2.24) is 9.97 Å². The second-order valence-corrected chi connectivity index (χ2v) is 4.46. The van der Waals surface area contributed by atoms with Gasteiger partial charge in [0.15, 0.2) is 0 Å². The second-order valence-electron chi connectivity index (χ2n) is 4.06. The Morgan fingerprint density at radius 3 is 2.74 bits per heavy atom. The van der Waals surface area contributed by atoms with Crippen molar-refractivity contribution in [2.45, 2.75) is 20.3 Å². The highest BCUT2D eigenvalue weighted by Crippen LogP contribution is 2.32. The van der Waals surface area contributed by atoms with Crippen molar-refractivity contribution < 1.29 is 4.39 Å². The zero-order chi connectivity index (χ0) is 13.8. The number of hydrogen-bond acceptors (Lipinski definition) is 3. The van der Waals surface area contributed by atoms with E-state index in [1.165, 1.54) is 18.5 Å². The van der Waals surface area contributed by atoms with Crippen LogP contribution in [0, 0.1) is 5.82 Å². The van der Waals surface area contributed by atoms with Gasteiger partial charge >= 0.3 is 0 Å². The first-order chi connectivity index (χ1) is 9.17. The molecule has 19 heavy (non-hydrogen) atoms. The summed E-state index contributed by atoms with van der Waals surface area (Å²) in [6.45, 7) is 4.77. The molecule has 0 aliphatic heterocycles. The summed E-state index contributed by atoms with van der Waals surface area (Å²) in [6, 6.07) is 4.28. The van der Waals surface area contributed by atoms with E-state index in [0.29, 0.717) is 16.3 Å². The van der Waals surface area contributed by atoms with Crippen LogP contribution in [0.2, 0.25) is 5.02 Å². The summed E-state index contributed by atoms with van der Waals surface area (Å²) in [5, 5.41) is 3.67. The van der Waals surface area contributed by atoms with Gasteiger partial charge in [-0.3, -0.25) is 0 Å². The molecule has 1 aromatic carbocycles. The first kappa shape index (κ1) is 13.7. The SMILES string of the molecule is CCNc1ncnc(-c2cc(F)ccc2Cl)c1CC. The van der Waals surface area contributed by atoms with E-state index in [4.69, 9.17) is 11.6 Å². The molecule has 3 nitrogen and oxygen atoms in total. The maximum absolute atomic E-state index is 13.4. The van der Waals surface area contributed by atoms with Crippen molar-refractivity contribution in [3.63, 3.8) is 0 Å². The predicted octanol–water partition coefficient (Wildman–Crippen LogP) is 3.93. The molecule has 0 aliphatic carbocycles. The van der Waals surface area contributed by atoms with Crippen LogP contribution in [0.4, 0.5) is 10.2 Å². The molecule has 0 radical (unpaired) electrons. The number of halogens is 2. The van der Waals surface area contributed by atoms with Crippen LogP contribution in [0.1, 0.15) is 19.4 Å². The molecule has 100 valence electrons. The smallest absolute Gasteiger partial charge is 0.133 e. The number of nitrogens with one attached hydrogen (secondary N) is 1. The summed E-state index contributed by atoms with van der Waals surface area (Å²) in [5.41, 5.74) is 2.22. The van der Waals surface area contributed by atoms with Crippen molar-refractivity contribution >= 4 is 17.4 Å². The minimum atomic E-state index is -0.329. The predicted molar refractivity (Wildman–Crippen MR) is 76.0 cm³/mol. The lowest BCUT2D eigenvalue weighted by atomic mass is 10.0. The van der Waals surface area contributed by atoms with Crippen LogP contribution in [0.3, 0.4) is 0 Å². The Balaban J connectivity index is 2.61. The van der Waals surface area contributed by atoms with Crippen LogP contribution in [0.25, 0.3) is 11.3 Å². The highest BCUT2D eigenvalue weighted by Gasteiger charge is 2.14. The fourth-order valence-electron chi connectivity index (χ4n) is 1.98. The Morgan fingerprint density at radius 1 is 1.26 bits per heavy atom. The molecular weight excluding hydrogens is 265 g/mol. The molecule has 5 heteroatoms. The zero-order valence-electron chi connectivity index (χ0n) is 10.9. The summed E-state index contributed by atoms with van der Waals surface area (Å²) in [6.07, 6.45) is 2.21. The van der Waals surface area contributed by atoms with E-state index in [1.54, 1.807) is 6.07 Å². The van der Waals surface area contributed by atoms with E-state index >= 15 is 0 Å². The quantitative estimate of drug-likeness (QED) is 0.921. The Hall–Kier alpha value is -1.68. The third-order valence-corrected chi connectivity index (χ3v) is 3.16. The summed E-state index contributed by atoms with van der Waals surface area (Å²) in [4.78, 5) is 8.48. The van der Waals surface area contributed by atoms with Gasteiger partial charge in [0.05, 0.1) is 10.7 Å². The first-order valence-electron chi connectivity index (χ1n) is 6.20. The number of rotatable bonds is 4. The summed E-state index contributed by atoms with van der Waals surface area (Å²) in [5.74, 6) is 0.445. The molecule has 0 amide bonds. The molecule has 2 rings (SSSR count). The molecule has 1 heterocycles. The average Bonchev–Trinajstić information content (AvgIpc) is 2.41. The molecule has 0 unspecified atom stereocenters. The van der Waals surface area contributed by atoms with Gasteiger partial charge in [-0.2, -0.15) is 0 Å². The van der Waals surface area contributed by atoms with Gasteiger partial charge in [0.2, 0.25) is 0 Å². The lowest BCUT2D eigenvalue weighted by molar-refractivity contribution is 0.628. The molecule has 0 saturated heterocycles. The van der Waals surface area contributed by atoms with Crippen LogP contribution in [-0.4, -0.2) is 16.5 Å². The number of anilines is 1. The van der Waals surface area contributed by atoms with Crippen molar-refractivity contribution in [2.75, 3.05) is 11.9 Å². The van der Waals surface area contributed by atoms with Gasteiger partial charge in [0.25, 0.3) is 0 Å². The van der Waals surface area contributed by atoms with Crippen LogP contribution in [-0.2, 0) is 6.42 Å². The van der Waals surface area contributed by atoms with Crippen molar-refractivity contribution in [2.24, 2.45) is 0 Å². The molecule has 0 aliphatic rings. The lowest BCUT2D eigenvalue weighted by Gasteiger charge is -2.13. The third kappa shape index (κ3) is 2.84. The van der Waals surface area contributed by atoms with Gasteiger partial charge in [-0.1, -0.05) is 18.5 Å². The van der Waals surface area contributed by atoms with E-state index in [1.807, 2.05) is 13.8 Å². The second kappa shape index (κ2) is 5.97. The summed E-state index contributed by atoms with van der Waals surface area (Å²) in [7, 11) is 0. The van der Waals surface area contributed by atoms with Crippen molar-refractivity contribution in [1.29, 1.82) is 0 Å². The van der Waals surface area contributed by atoms with E-state index in [2.05, 4.69) is 15.3 Å². The Bertz CT molecular complexity index is 587. The Labute approximate surface area is 116 Å². The highest BCUT2D eigenvalue weighted by molar-refractivity contribution is 6.33. The molecule has 1 aromatic heterocycles. The van der Waals surface area contributed by atoms with Crippen LogP contribution in [0.5, 0.6) is 0 Å². The van der Waals surface area contributed by atoms with E-state index in [-0.39, 0.29) is 5.82 Å².